The van der Waals surface area contributed by atoms with Crippen molar-refractivity contribution in [2.45, 2.75) is 25.4 Å². The second-order valence-electron chi connectivity index (χ2n) is 5.99. The third kappa shape index (κ3) is 5.47. The number of rotatable bonds is 5. The van der Waals surface area contributed by atoms with Crippen LogP contribution in [0, 0.1) is 0 Å². The van der Waals surface area contributed by atoms with Crippen molar-refractivity contribution in [1.29, 1.82) is 0 Å². The molecule has 29 heavy (non-hydrogen) atoms. The molecule has 0 heterocycles. The molecule has 0 aromatic heterocycles. The highest BCUT2D eigenvalue weighted by Gasteiger charge is 2.35. The van der Waals surface area contributed by atoms with E-state index < -0.39 is 46.8 Å². The van der Waals surface area contributed by atoms with Crippen LogP contribution in [0.3, 0.4) is 0 Å². The number of ketones is 1. The zero-order valence-corrected chi connectivity index (χ0v) is 16.7. The number of Topliss-reactive ketones (excluding diaryl/α,β-unsaturated/α-hetero) is 1. The van der Waals surface area contributed by atoms with Gasteiger partial charge in [0.25, 0.3) is 0 Å². The van der Waals surface area contributed by atoms with Crippen LogP contribution in [0.5, 0.6) is 0 Å². The van der Waals surface area contributed by atoms with Gasteiger partial charge in [-0.25, -0.2) is 13.2 Å². The lowest BCUT2D eigenvalue weighted by Crippen LogP contribution is -2.12. The molecule has 10 heteroatoms. The molecular formula is C19H11Cl3F6O. The van der Waals surface area contributed by atoms with Crippen LogP contribution in [0.15, 0.2) is 36.4 Å². The first-order chi connectivity index (χ1) is 13.3. The minimum Gasteiger partial charge on any atom is -0.294 e. The van der Waals surface area contributed by atoms with Gasteiger partial charge in [-0.05, 0) is 36.8 Å². The summed E-state index contributed by atoms with van der Waals surface area (Å²) in [6.07, 6.45) is -7.59. The predicted molar refractivity (Wildman–Crippen MR) is 101 cm³/mol. The summed E-state index contributed by atoms with van der Waals surface area (Å²) in [5, 5.41) is -0.359. The third-order valence-corrected chi connectivity index (χ3v) is 5.17. The maximum atomic E-state index is 14.6. The molecule has 1 unspecified atom stereocenters. The summed E-state index contributed by atoms with van der Waals surface area (Å²) >= 11 is 17.4. The Kier molecular flexibility index (Phi) is 7.30. The molecule has 0 aliphatic heterocycles. The van der Waals surface area contributed by atoms with E-state index in [1.54, 1.807) is 0 Å². The van der Waals surface area contributed by atoms with Crippen LogP contribution in [0.4, 0.5) is 26.3 Å². The summed E-state index contributed by atoms with van der Waals surface area (Å²) in [4.78, 5) is 11.4. The van der Waals surface area contributed by atoms with Crippen molar-refractivity contribution in [2.24, 2.45) is 0 Å². The van der Waals surface area contributed by atoms with Crippen molar-refractivity contribution in [3.8, 4) is 0 Å². The van der Waals surface area contributed by atoms with E-state index in [9.17, 15) is 31.1 Å². The highest BCUT2D eigenvalue weighted by atomic mass is 35.5. The van der Waals surface area contributed by atoms with E-state index in [1.807, 2.05) is 0 Å². The molecule has 0 fully saturated rings. The normalized spacial score (nSPS) is 13.7. The van der Waals surface area contributed by atoms with Crippen LogP contribution in [-0.2, 0) is 6.18 Å². The van der Waals surface area contributed by atoms with Gasteiger partial charge in [-0.3, -0.25) is 4.79 Å². The summed E-state index contributed by atoms with van der Waals surface area (Å²) in [5.41, 5.74) is -2.81. The molecule has 156 valence electrons. The minimum absolute atomic E-state index is 0.0795. The number of alkyl halides is 5. The van der Waals surface area contributed by atoms with E-state index >= 15 is 0 Å². The molecule has 0 amide bonds. The first-order valence-electron chi connectivity index (χ1n) is 7.85. The largest absolute Gasteiger partial charge is 0.417 e. The van der Waals surface area contributed by atoms with Gasteiger partial charge in [0.1, 0.15) is 5.83 Å². The van der Waals surface area contributed by atoms with E-state index in [1.165, 1.54) is 0 Å². The molecule has 2 aromatic rings. The van der Waals surface area contributed by atoms with Crippen molar-refractivity contribution in [1.82, 2.24) is 0 Å². The standard InChI is InChI=1S/C19H11Cl3F6O/c1-8(29)11-3-2-9(4-13(11)19(26,27)28)16(23)7-12(18(24)25)10-5-14(20)17(22)15(21)6-10/h2-7,12,18H,1H3/b16-7-. The minimum atomic E-state index is -4.93. The van der Waals surface area contributed by atoms with Gasteiger partial charge in [-0.1, -0.05) is 46.9 Å². The number of hydrogen-bond acceptors (Lipinski definition) is 1. The monoisotopic (exact) mass is 474 g/mol. The van der Waals surface area contributed by atoms with Gasteiger partial charge < -0.3 is 0 Å². The van der Waals surface area contributed by atoms with E-state index in [2.05, 4.69) is 0 Å². The summed E-state index contributed by atoms with van der Waals surface area (Å²) in [6.45, 7) is 0.928. The topological polar surface area (TPSA) is 17.1 Å². The number of hydrogen-bond donors (Lipinski definition) is 0. The Morgan fingerprint density at radius 1 is 1.03 bits per heavy atom. The Hall–Kier alpha value is -1.70. The lowest BCUT2D eigenvalue weighted by atomic mass is 9.96. The number of carbonyl (C=O) groups is 1. The van der Waals surface area contributed by atoms with Gasteiger partial charge in [-0.15, -0.1) is 0 Å². The summed E-state index contributed by atoms with van der Waals surface area (Å²) in [6, 6.07) is 4.23. The van der Waals surface area contributed by atoms with Gasteiger partial charge in [-0.2, -0.15) is 13.2 Å². The maximum Gasteiger partial charge on any atom is 0.417 e. The van der Waals surface area contributed by atoms with Crippen molar-refractivity contribution >= 4 is 46.4 Å². The second kappa shape index (κ2) is 8.98. The number of halogens is 9. The van der Waals surface area contributed by atoms with Crippen LogP contribution < -0.4 is 0 Å². The number of carbonyl (C=O) groups excluding carboxylic acids is 1. The van der Waals surface area contributed by atoms with Crippen molar-refractivity contribution < 1.29 is 31.1 Å². The second-order valence-corrected chi connectivity index (χ2v) is 7.18. The van der Waals surface area contributed by atoms with Crippen LogP contribution in [-0.4, -0.2) is 12.2 Å². The Morgan fingerprint density at radius 3 is 2.03 bits per heavy atom. The molecular weight excluding hydrogens is 465 g/mol. The molecule has 0 bridgehead atoms. The Morgan fingerprint density at radius 2 is 1.59 bits per heavy atom. The zero-order valence-electron chi connectivity index (χ0n) is 14.4. The fraction of sp³-hybridized carbons (Fsp3) is 0.211. The van der Waals surface area contributed by atoms with Crippen LogP contribution in [0.2, 0.25) is 15.1 Å². The molecule has 0 N–H and O–H groups in total. The average molecular weight is 476 g/mol. The van der Waals surface area contributed by atoms with Crippen LogP contribution >= 0.6 is 34.8 Å². The van der Waals surface area contributed by atoms with E-state index in [0.29, 0.717) is 12.1 Å². The van der Waals surface area contributed by atoms with E-state index in [-0.39, 0.29) is 20.6 Å². The lowest BCUT2D eigenvalue weighted by Gasteiger charge is -2.16. The fourth-order valence-electron chi connectivity index (χ4n) is 2.57. The number of allylic oxidation sites excluding steroid dienone is 1. The first kappa shape index (κ1) is 23.6. The van der Waals surface area contributed by atoms with Gasteiger partial charge in [0.05, 0.1) is 26.5 Å². The molecule has 1 atom stereocenters. The molecule has 2 rings (SSSR count). The molecule has 0 saturated carbocycles. The first-order valence-corrected chi connectivity index (χ1v) is 8.98. The highest BCUT2D eigenvalue weighted by molar-refractivity contribution is 6.48. The third-order valence-electron chi connectivity index (χ3n) is 3.97. The molecule has 0 aliphatic carbocycles. The highest BCUT2D eigenvalue weighted by Crippen LogP contribution is 2.38. The molecule has 0 spiro atoms. The molecule has 2 aromatic carbocycles. The van der Waals surface area contributed by atoms with Crippen LogP contribution in [0.25, 0.3) is 5.83 Å². The average Bonchev–Trinajstić information content (AvgIpc) is 2.61. The molecule has 0 aliphatic rings. The van der Waals surface area contributed by atoms with Crippen molar-refractivity contribution in [3.05, 3.63) is 73.7 Å². The zero-order chi connectivity index (χ0) is 22.1. The summed E-state index contributed by atoms with van der Waals surface area (Å²) in [5.74, 6) is -4.06. The Bertz CT molecular complexity index is 946. The van der Waals surface area contributed by atoms with Gasteiger partial charge in [0.15, 0.2) is 5.78 Å². The SMILES string of the molecule is CC(=O)c1ccc(/C(F)=C/C(c2cc(Cl)c(Cl)c(Cl)c2)C(F)F)cc1C(F)(F)F. The summed E-state index contributed by atoms with van der Waals surface area (Å²) < 4.78 is 81.1. The lowest BCUT2D eigenvalue weighted by molar-refractivity contribution is -0.137. The van der Waals surface area contributed by atoms with E-state index in [4.69, 9.17) is 34.8 Å². The maximum absolute atomic E-state index is 14.6. The molecule has 0 radical (unpaired) electrons. The van der Waals surface area contributed by atoms with Gasteiger partial charge >= 0.3 is 6.18 Å². The van der Waals surface area contributed by atoms with Crippen LogP contribution in [0.1, 0.15) is 39.9 Å². The Labute approximate surface area is 176 Å². The van der Waals surface area contributed by atoms with Crippen molar-refractivity contribution in [2.75, 3.05) is 0 Å². The van der Waals surface area contributed by atoms with E-state index in [0.717, 1.165) is 31.2 Å². The molecule has 1 nitrogen and oxygen atoms in total. The smallest absolute Gasteiger partial charge is 0.294 e. The fourth-order valence-corrected chi connectivity index (χ4v) is 3.18. The van der Waals surface area contributed by atoms with Crippen molar-refractivity contribution in [3.63, 3.8) is 0 Å². The van der Waals surface area contributed by atoms with Gasteiger partial charge in [0, 0.05) is 11.1 Å². The predicted octanol–water partition coefficient (Wildman–Crippen LogP) is 8.23. The van der Waals surface area contributed by atoms with Gasteiger partial charge in [0.2, 0.25) is 6.43 Å². The summed E-state index contributed by atoms with van der Waals surface area (Å²) in [7, 11) is 0. The molecule has 0 saturated heterocycles. The quantitative estimate of drug-likeness (QED) is 0.242. The Balaban J connectivity index is 2.56. The number of benzene rings is 2.